The zero-order valence-corrected chi connectivity index (χ0v) is 12.5. The van der Waals surface area contributed by atoms with E-state index in [2.05, 4.69) is 4.98 Å². The van der Waals surface area contributed by atoms with Crippen molar-refractivity contribution in [2.24, 2.45) is 5.41 Å². The summed E-state index contributed by atoms with van der Waals surface area (Å²) in [6, 6.07) is 3.55. The summed E-state index contributed by atoms with van der Waals surface area (Å²) >= 11 is 0. The lowest BCUT2D eigenvalue weighted by molar-refractivity contribution is -0.142. The van der Waals surface area contributed by atoms with E-state index in [1.807, 2.05) is 4.90 Å². The number of piperidine rings is 1. The number of carbonyl (C=O) groups excluding carboxylic acids is 1. The molecule has 5 nitrogen and oxygen atoms in total. The highest BCUT2D eigenvalue weighted by atomic mass is 16.5. The SMILES string of the molecule is COCC12CCCOC1CCN(C(=O)c1ccncc1)C2. The summed E-state index contributed by atoms with van der Waals surface area (Å²) < 4.78 is 11.4. The van der Waals surface area contributed by atoms with Gasteiger partial charge in [-0.25, -0.2) is 0 Å². The topological polar surface area (TPSA) is 51.7 Å². The molecule has 1 aromatic rings. The van der Waals surface area contributed by atoms with Gasteiger partial charge in [-0.3, -0.25) is 9.78 Å². The summed E-state index contributed by atoms with van der Waals surface area (Å²) in [5.41, 5.74) is 0.654. The molecule has 3 rings (SSSR count). The van der Waals surface area contributed by atoms with Crippen molar-refractivity contribution >= 4 is 5.91 Å². The molecule has 2 aliphatic heterocycles. The third-order valence-corrected chi connectivity index (χ3v) is 4.63. The average molecular weight is 290 g/mol. The van der Waals surface area contributed by atoms with Crippen molar-refractivity contribution in [1.82, 2.24) is 9.88 Å². The maximum atomic E-state index is 12.6. The number of amides is 1. The smallest absolute Gasteiger partial charge is 0.253 e. The Morgan fingerprint density at radius 2 is 2.33 bits per heavy atom. The average Bonchev–Trinajstić information content (AvgIpc) is 2.54. The maximum Gasteiger partial charge on any atom is 0.253 e. The second-order valence-corrected chi connectivity index (χ2v) is 6.01. The highest BCUT2D eigenvalue weighted by Crippen LogP contribution is 2.40. The molecule has 3 heterocycles. The molecule has 2 atom stereocenters. The summed E-state index contributed by atoms with van der Waals surface area (Å²) in [4.78, 5) is 18.6. The summed E-state index contributed by atoms with van der Waals surface area (Å²) in [6.07, 6.45) is 6.53. The Kier molecular flexibility index (Phi) is 4.22. The Morgan fingerprint density at radius 3 is 3.10 bits per heavy atom. The highest BCUT2D eigenvalue weighted by Gasteiger charge is 2.47. The van der Waals surface area contributed by atoms with Crippen molar-refractivity contribution in [3.05, 3.63) is 30.1 Å². The standard InChI is InChI=1S/C16H22N2O3/c1-20-12-16-6-2-10-21-14(16)5-9-18(11-16)15(19)13-3-7-17-8-4-13/h3-4,7-8,14H,2,5-6,9-12H2,1H3. The molecule has 0 N–H and O–H groups in total. The van der Waals surface area contributed by atoms with E-state index in [1.54, 1.807) is 31.6 Å². The van der Waals surface area contributed by atoms with E-state index in [1.165, 1.54) is 0 Å². The number of hydrogen-bond acceptors (Lipinski definition) is 4. The molecule has 21 heavy (non-hydrogen) atoms. The molecular formula is C16H22N2O3. The monoisotopic (exact) mass is 290 g/mol. The van der Waals surface area contributed by atoms with Crippen molar-refractivity contribution in [1.29, 1.82) is 0 Å². The highest BCUT2D eigenvalue weighted by molar-refractivity contribution is 5.94. The lowest BCUT2D eigenvalue weighted by Gasteiger charge is -2.50. The minimum atomic E-state index is -0.0477. The zero-order chi connectivity index (χ0) is 14.7. The second kappa shape index (κ2) is 6.12. The van der Waals surface area contributed by atoms with E-state index in [9.17, 15) is 4.79 Å². The van der Waals surface area contributed by atoms with Crippen LogP contribution < -0.4 is 0 Å². The predicted molar refractivity (Wildman–Crippen MR) is 78.0 cm³/mol. The van der Waals surface area contributed by atoms with E-state index >= 15 is 0 Å². The number of ether oxygens (including phenoxy) is 2. The first-order valence-corrected chi connectivity index (χ1v) is 7.55. The molecule has 0 spiro atoms. The summed E-state index contributed by atoms with van der Waals surface area (Å²) in [5.74, 6) is 0.0805. The molecule has 1 aromatic heterocycles. The van der Waals surface area contributed by atoms with Crippen molar-refractivity contribution < 1.29 is 14.3 Å². The zero-order valence-electron chi connectivity index (χ0n) is 12.5. The van der Waals surface area contributed by atoms with Gasteiger partial charge in [0, 0.05) is 50.2 Å². The van der Waals surface area contributed by atoms with E-state index < -0.39 is 0 Å². The summed E-state index contributed by atoms with van der Waals surface area (Å²) in [5, 5.41) is 0. The van der Waals surface area contributed by atoms with Crippen molar-refractivity contribution in [2.75, 3.05) is 33.4 Å². The van der Waals surface area contributed by atoms with Crippen LogP contribution in [0.4, 0.5) is 0 Å². The first kappa shape index (κ1) is 14.5. The number of likely N-dealkylation sites (tertiary alicyclic amines) is 1. The number of fused-ring (bicyclic) bond motifs is 1. The Labute approximate surface area is 125 Å². The fraction of sp³-hybridized carbons (Fsp3) is 0.625. The van der Waals surface area contributed by atoms with Gasteiger partial charge in [0.2, 0.25) is 0 Å². The van der Waals surface area contributed by atoms with Crippen LogP contribution >= 0.6 is 0 Å². The van der Waals surface area contributed by atoms with Crippen LogP contribution in [0.2, 0.25) is 0 Å². The largest absolute Gasteiger partial charge is 0.384 e. The molecule has 2 saturated heterocycles. The lowest BCUT2D eigenvalue weighted by atomic mass is 9.73. The van der Waals surface area contributed by atoms with Gasteiger partial charge in [0.1, 0.15) is 0 Å². The molecule has 2 aliphatic rings. The summed E-state index contributed by atoms with van der Waals surface area (Å²) in [7, 11) is 1.73. The van der Waals surface area contributed by atoms with Crippen molar-refractivity contribution in [3.63, 3.8) is 0 Å². The van der Waals surface area contributed by atoms with Crippen molar-refractivity contribution in [2.45, 2.75) is 25.4 Å². The second-order valence-electron chi connectivity index (χ2n) is 6.01. The van der Waals surface area contributed by atoms with Crippen LogP contribution in [0.5, 0.6) is 0 Å². The van der Waals surface area contributed by atoms with E-state index in [4.69, 9.17) is 9.47 Å². The van der Waals surface area contributed by atoms with Gasteiger partial charge < -0.3 is 14.4 Å². The number of carbonyl (C=O) groups is 1. The first-order chi connectivity index (χ1) is 10.2. The molecule has 0 aromatic carbocycles. The Morgan fingerprint density at radius 1 is 1.52 bits per heavy atom. The van der Waals surface area contributed by atoms with E-state index in [0.29, 0.717) is 18.7 Å². The van der Waals surface area contributed by atoms with E-state index in [-0.39, 0.29) is 17.4 Å². The minimum absolute atomic E-state index is 0.0477. The molecule has 2 unspecified atom stereocenters. The Hall–Kier alpha value is -1.46. The molecule has 114 valence electrons. The lowest BCUT2D eigenvalue weighted by Crippen LogP contribution is -2.58. The van der Waals surface area contributed by atoms with Gasteiger partial charge in [-0.1, -0.05) is 0 Å². The first-order valence-electron chi connectivity index (χ1n) is 7.55. The number of rotatable bonds is 3. The number of nitrogens with zero attached hydrogens (tertiary/aromatic N) is 2. The van der Waals surface area contributed by atoms with Crippen LogP contribution in [0.1, 0.15) is 29.6 Å². The third kappa shape index (κ3) is 2.80. The van der Waals surface area contributed by atoms with Crippen LogP contribution in [0.25, 0.3) is 0 Å². The molecule has 1 amide bonds. The molecule has 5 heteroatoms. The molecule has 0 aliphatic carbocycles. The Bertz CT molecular complexity index is 490. The van der Waals surface area contributed by atoms with Crippen LogP contribution in [0, 0.1) is 5.41 Å². The van der Waals surface area contributed by atoms with Gasteiger partial charge in [-0.2, -0.15) is 0 Å². The van der Waals surface area contributed by atoms with Gasteiger partial charge in [-0.15, -0.1) is 0 Å². The molecule has 0 radical (unpaired) electrons. The molecular weight excluding hydrogens is 268 g/mol. The Balaban J connectivity index is 1.78. The fourth-order valence-corrected chi connectivity index (χ4v) is 3.64. The number of hydrogen-bond donors (Lipinski definition) is 0. The minimum Gasteiger partial charge on any atom is -0.384 e. The number of methoxy groups -OCH3 is 1. The summed E-state index contributed by atoms with van der Waals surface area (Å²) in [6.45, 7) is 2.94. The quantitative estimate of drug-likeness (QED) is 0.851. The molecule has 0 bridgehead atoms. The van der Waals surface area contributed by atoms with Crippen LogP contribution in [-0.4, -0.2) is 55.3 Å². The van der Waals surface area contributed by atoms with Crippen LogP contribution in [0.3, 0.4) is 0 Å². The number of aromatic nitrogens is 1. The predicted octanol–water partition coefficient (Wildman–Crippen LogP) is 1.74. The maximum absolute atomic E-state index is 12.6. The van der Waals surface area contributed by atoms with Gasteiger partial charge in [0.05, 0.1) is 12.7 Å². The van der Waals surface area contributed by atoms with Crippen LogP contribution in [-0.2, 0) is 9.47 Å². The fourth-order valence-electron chi connectivity index (χ4n) is 3.64. The van der Waals surface area contributed by atoms with Crippen molar-refractivity contribution in [3.8, 4) is 0 Å². The normalized spacial score (nSPS) is 29.0. The van der Waals surface area contributed by atoms with Gasteiger partial charge in [0.15, 0.2) is 0 Å². The van der Waals surface area contributed by atoms with Crippen LogP contribution in [0.15, 0.2) is 24.5 Å². The van der Waals surface area contributed by atoms with E-state index in [0.717, 1.165) is 32.4 Å². The molecule has 2 fully saturated rings. The molecule has 0 saturated carbocycles. The van der Waals surface area contributed by atoms with Gasteiger partial charge >= 0.3 is 0 Å². The third-order valence-electron chi connectivity index (χ3n) is 4.63. The van der Waals surface area contributed by atoms with Gasteiger partial charge in [0.25, 0.3) is 5.91 Å². The van der Waals surface area contributed by atoms with Gasteiger partial charge in [-0.05, 0) is 31.4 Å². The number of pyridine rings is 1.